The van der Waals surface area contributed by atoms with Crippen LogP contribution in [-0.4, -0.2) is 12.6 Å². The standard InChI is InChI=1S/C7H8N2O2/c1-2-11-7(10)3-6(4-8)5-9/h6H,2-3H2,1H3. The topological polar surface area (TPSA) is 73.9 Å². The van der Waals surface area contributed by atoms with E-state index in [2.05, 4.69) is 4.74 Å². The molecule has 11 heavy (non-hydrogen) atoms. The fourth-order valence-electron chi connectivity index (χ4n) is 0.507. The van der Waals surface area contributed by atoms with E-state index in [9.17, 15) is 4.79 Å². The van der Waals surface area contributed by atoms with Gasteiger partial charge in [0.2, 0.25) is 0 Å². The van der Waals surface area contributed by atoms with Crippen LogP contribution in [0.2, 0.25) is 0 Å². The van der Waals surface area contributed by atoms with Gasteiger partial charge in [-0.2, -0.15) is 10.5 Å². The van der Waals surface area contributed by atoms with Gasteiger partial charge in [0.05, 0.1) is 25.2 Å². The second-order valence-corrected chi connectivity index (χ2v) is 1.82. The first-order valence-electron chi connectivity index (χ1n) is 3.19. The maximum absolute atomic E-state index is 10.6. The quantitative estimate of drug-likeness (QED) is 0.555. The molecule has 0 aromatic heterocycles. The molecule has 0 aliphatic rings. The van der Waals surface area contributed by atoms with Crippen molar-refractivity contribution in [3.05, 3.63) is 0 Å². The van der Waals surface area contributed by atoms with Gasteiger partial charge in [0, 0.05) is 0 Å². The van der Waals surface area contributed by atoms with Crippen molar-refractivity contribution in [3.63, 3.8) is 0 Å². The highest BCUT2D eigenvalue weighted by molar-refractivity contribution is 5.70. The summed E-state index contributed by atoms with van der Waals surface area (Å²) in [4.78, 5) is 10.6. The summed E-state index contributed by atoms with van der Waals surface area (Å²) in [6.07, 6.45) is -0.138. The number of nitriles is 2. The first-order chi connectivity index (χ1) is 5.24. The van der Waals surface area contributed by atoms with Crippen LogP contribution in [0.3, 0.4) is 0 Å². The Kier molecular flexibility index (Phi) is 4.51. The molecule has 58 valence electrons. The highest BCUT2D eigenvalue weighted by atomic mass is 16.5. The lowest BCUT2D eigenvalue weighted by Crippen LogP contribution is -2.08. The van der Waals surface area contributed by atoms with Crippen LogP contribution in [0.25, 0.3) is 0 Å². The van der Waals surface area contributed by atoms with Gasteiger partial charge in [-0.3, -0.25) is 4.79 Å². The second kappa shape index (κ2) is 5.25. The second-order valence-electron chi connectivity index (χ2n) is 1.82. The highest BCUT2D eigenvalue weighted by Gasteiger charge is 2.11. The first-order valence-corrected chi connectivity index (χ1v) is 3.19. The Labute approximate surface area is 65.0 Å². The minimum Gasteiger partial charge on any atom is -0.466 e. The molecule has 0 saturated heterocycles. The molecule has 0 unspecified atom stereocenters. The van der Waals surface area contributed by atoms with Crippen LogP contribution in [-0.2, 0) is 9.53 Å². The number of nitrogens with zero attached hydrogens (tertiary/aromatic N) is 2. The monoisotopic (exact) mass is 152 g/mol. The van der Waals surface area contributed by atoms with Crippen LogP contribution in [0.15, 0.2) is 0 Å². The zero-order valence-electron chi connectivity index (χ0n) is 6.20. The SMILES string of the molecule is CCOC(=O)CC(C#N)C#N. The molecule has 0 radical (unpaired) electrons. The normalized spacial score (nSPS) is 8.36. The van der Waals surface area contributed by atoms with Crippen molar-refractivity contribution < 1.29 is 9.53 Å². The Hall–Kier alpha value is -1.55. The fraction of sp³-hybridized carbons (Fsp3) is 0.571. The number of ether oxygens (including phenoxy) is 1. The summed E-state index contributed by atoms with van der Waals surface area (Å²) in [6.45, 7) is 1.95. The Morgan fingerprint density at radius 2 is 2.09 bits per heavy atom. The number of rotatable bonds is 3. The number of carbonyl (C=O) groups excluding carboxylic acids is 1. The van der Waals surface area contributed by atoms with E-state index in [1.54, 1.807) is 19.1 Å². The fourth-order valence-corrected chi connectivity index (χ4v) is 0.507. The minimum absolute atomic E-state index is 0.138. The van der Waals surface area contributed by atoms with E-state index in [0.29, 0.717) is 0 Å². The molecule has 0 aromatic rings. The average molecular weight is 152 g/mol. The van der Waals surface area contributed by atoms with E-state index in [4.69, 9.17) is 10.5 Å². The van der Waals surface area contributed by atoms with E-state index in [1.165, 1.54) is 0 Å². The summed E-state index contributed by atoms with van der Waals surface area (Å²) in [6, 6.07) is 3.36. The molecule has 0 aromatic carbocycles. The van der Waals surface area contributed by atoms with Crippen LogP contribution in [0, 0.1) is 28.6 Å². The molecule has 0 N–H and O–H groups in total. The number of carbonyl (C=O) groups is 1. The van der Waals surface area contributed by atoms with Gasteiger partial charge >= 0.3 is 5.97 Å². The van der Waals surface area contributed by atoms with Gasteiger partial charge in [0.15, 0.2) is 0 Å². The van der Waals surface area contributed by atoms with Crippen molar-refractivity contribution in [2.24, 2.45) is 5.92 Å². The van der Waals surface area contributed by atoms with Crippen LogP contribution >= 0.6 is 0 Å². The largest absolute Gasteiger partial charge is 0.466 e. The third-order valence-electron chi connectivity index (χ3n) is 0.988. The van der Waals surface area contributed by atoms with Crippen molar-refractivity contribution in [1.82, 2.24) is 0 Å². The van der Waals surface area contributed by atoms with Gasteiger partial charge in [-0.15, -0.1) is 0 Å². The summed E-state index contributed by atoms with van der Waals surface area (Å²) in [5, 5.41) is 16.5. The molecule has 0 fully saturated rings. The molecule has 0 atom stereocenters. The van der Waals surface area contributed by atoms with E-state index in [0.717, 1.165) is 0 Å². The zero-order valence-corrected chi connectivity index (χ0v) is 6.20. The molecule has 0 amide bonds. The van der Waals surface area contributed by atoms with E-state index in [-0.39, 0.29) is 13.0 Å². The Morgan fingerprint density at radius 3 is 2.45 bits per heavy atom. The predicted octanol–water partition coefficient (Wildman–Crippen LogP) is 0.603. The molecule has 0 rings (SSSR count). The van der Waals surface area contributed by atoms with Crippen molar-refractivity contribution in [2.45, 2.75) is 13.3 Å². The maximum Gasteiger partial charge on any atom is 0.308 e. The van der Waals surface area contributed by atoms with Gasteiger partial charge < -0.3 is 4.74 Å². The molecule has 4 nitrogen and oxygen atoms in total. The first kappa shape index (κ1) is 9.45. The number of esters is 1. The van der Waals surface area contributed by atoms with Gasteiger partial charge in [0.1, 0.15) is 5.92 Å². The molecule has 0 aliphatic carbocycles. The Bertz CT molecular complexity index is 197. The van der Waals surface area contributed by atoms with E-state index < -0.39 is 11.9 Å². The molecular weight excluding hydrogens is 144 g/mol. The third-order valence-corrected chi connectivity index (χ3v) is 0.988. The summed E-state index contributed by atoms with van der Waals surface area (Å²) in [5.74, 6) is -1.38. The summed E-state index contributed by atoms with van der Waals surface area (Å²) >= 11 is 0. The molecule has 0 bridgehead atoms. The average Bonchev–Trinajstić information content (AvgIpc) is 2.01. The van der Waals surface area contributed by atoms with Crippen molar-refractivity contribution >= 4 is 5.97 Å². The Balaban J connectivity index is 3.77. The lowest BCUT2D eigenvalue weighted by atomic mass is 10.1. The van der Waals surface area contributed by atoms with Crippen LogP contribution in [0.5, 0.6) is 0 Å². The molecule has 0 heterocycles. The predicted molar refractivity (Wildman–Crippen MR) is 36.0 cm³/mol. The molecule has 4 heteroatoms. The van der Waals surface area contributed by atoms with Crippen molar-refractivity contribution in [2.75, 3.05) is 6.61 Å². The Morgan fingerprint density at radius 1 is 1.55 bits per heavy atom. The van der Waals surface area contributed by atoms with Gasteiger partial charge in [-0.05, 0) is 6.92 Å². The lowest BCUT2D eigenvalue weighted by molar-refractivity contribution is -0.143. The molecule has 0 spiro atoms. The summed E-state index contributed by atoms with van der Waals surface area (Å²) in [7, 11) is 0. The molecule has 0 saturated carbocycles. The number of hydrogen-bond donors (Lipinski definition) is 0. The van der Waals surface area contributed by atoms with Crippen LogP contribution < -0.4 is 0 Å². The van der Waals surface area contributed by atoms with Crippen LogP contribution in [0.4, 0.5) is 0 Å². The highest BCUT2D eigenvalue weighted by Crippen LogP contribution is 2.00. The lowest BCUT2D eigenvalue weighted by Gasteiger charge is -1.99. The van der Waals surface area contributed by atoms with Crippen molar-refractivity contribution in [1.29, 1.82) is 10.5 Å². The van der Waals surface area contributed by atoms with Gasteiger partial charge in [-0.1, -0.05) is 0 Å². The molecular formula is C7H8N2O2. The van der Waals surface area contributed by atoms with Crippen molar-refractivity contribution in [3.8, 4) is 12.1 Å². The molecule has 0 aliphatic heterocycles. The zero-order chi connectivity index (χ0) is 8.69. The summed E-state index contributed by atoms with van der Waals surface area (Å²) < 4.78 is 4.53. The number of hydrogen-bond acceptors (Lipinski definition) is 4. The van der Waals surface area contributed by atoms with E-state index in [1.807, 2.05) is 0 Å². The van der Waals surface area contributed by atoms with E-state index >= 15 is 0 Å². The minimum atomic E-state index is -0.881. The van der Waals surface area contributed by atoms with Gasteiger partial charge in [0.25, 0.3) is 0 Å². The summed E-state index contributed by atoms with van der Waals surface area (Å²) in [5.41, 5.74) is 0. The van der Waals surface area contributed by atoms with Crippen LogP contribution in [0.1, 0.15) is 13.3 Å². The van der Waals surface area contributed by atoms with Gasteiger partial charge in [-0.25, -0.2) is 0 Å². The third kappa shape index (κ3) is 3.94. The smallest absolute Gasteiger partial charge is 0.308 e. The maximum atomic E-state index is 10.6.